The van der Waals surface area contributed by atoms with E-state index in [0.29, 0.717) is 19.5 Å². The monoisotopic (exact) mass is 352 g/mol. The maximum atomic E-state index is 12.7. The van der Waals surface area contributed by atoms with Crippen molar-refractivity contribution in [2.75, 3.05) is 19.3 Å². The molecule has 1 aromatic rings. The lowest BCUT2D eigenvalue weighted by molar-refractivity contribution is -0.134. The van der Waals surface area contributed by atoms with Gasteiger partial charge in [0.1, 0.15) is 6.04 Å². The first-order chi connectivity index (χ1) is 11.4. The molecule has 0 radical (unpaired) electrons. The van der Waals surface area contributed by atoms with Crippen LogP contribution in [-0.4, -0.2) is 50.7 Å². The summed E-state index contributed by atoms with van der Waals surface area (Å²) in [5.74, 6) is 0.0286. The first-order valence-corrected chi connectivity index (χ1v) is 10.1. The van der Waals surface area contributed by atoms with Crippen LogP contribution in [-0.2, 0) is 14.8 Å². The minimum atomic E-state index is -3.25. The lowest BCUT2D eigenvalue weighted by Gasteiger charge is -2.34. The van der Waals surface area contributed by atoms with Gasteiger partial charge in [0, 0.05) is 25.2 Å². The van der Waals surface area contributed by atoms with Gasteiger partial charge >= 0.3 is 0 Å². The molecule has 0 aromatic heterocycles. The van der Waals surface area contributed by atoms with Gasteiger partial charge in [-0.25, -0.2) is 24.0 Å². The van der Waals surface area contributed by atoms with Crippen LogP contribution in [0.1, 0.15) is 30.9 Å². The zero-order chi connectivity index (χ0) is 17.2. The fourth-order valence-corrected chi connectivity index (χ4v) is 4.22. The molecule has 24 heavy (non-hydrogen) atoms. The van der Waals surface area contributed by atoms with Gasteiger partial charge in [-0.2, -0.15) is 0 Å². The summed E-state index contributed by atoms with van der Waals surface area (Å²) in [6, 6.07) is 9.64. The summed E-state index contributed by atoms with van der Waals surface area (Å²) in [4.78, 5) is 14.5. The van der Waals surface area contributed by atoms with Crippen LogP contribution in [0.3, 0.4) is 0 Å². The molecule has 8 heteroatoms. The predicted octanol–water partition coefficient (Wildman–Crippen LogP) is 0.134. The van der Waals surface area contributed by atoms with E-state index in [2.05, 4.69) is 15.6 Å². The highest BCUT2D eigenvalue weighted by Crippen LogP contribution is 2.23. The van der Waals surface area contributed by atoms with Crippen molar-refractivity contribution in [3.05, 3.63) is 35.9 Å². The number of rotatable bonds is 4. The van der Waals surface area contributed by atoms with Gasteiger partial charge in [-0.1, -0.05) is 30.3 Å². The summed E-state index contributed by atoms with van der Waals surface area (Å²) in [6.07, 6.45) is 3.41. The Kier molecular flexibility index (Phi) is 5.19. The molecular weight excluding hydrogens is 328 g/mol. The Balaban J connectivity index is 1.58. The molecule has 7 nitrogen and oxygen atoms in total. The van der Waals surface area contributed by atoms with Gasteiger partial charge in [0.05, 0.1) is 6.26 Å². The number of likely N-dealkylation sites (tertiary alicyclic amines) is 1. The first-order valence-electron chi connectivity index (χ1n) is 8.24. The molecule has 1 aromatic carbocycles. The number of nitrogens with zero attached hydrogens (tertiary/aromatic N) is 1. The van der Waals surface area contributed by atoms with Crippen LogP contribution in [0.25, 0.3) is 0 Å². The second kappa shape index (κ2) is 7.18. The molecule has 2 heterocycles. The minimum Gasteiger partial charge on any atom is -0.340 e. The molecule has 2 fully saturated rings. The molecule has 1 amide bonds. The van der Waals surface area contributed by atoms with E-state index in [-0.39, 0.29) is 24.0 Å². The number of hydrogen-bond donors (Lipinski definition) is 3. The number of hydrazine groups is 1. The van der Waals surface area contributed by atoms with Gasteiger partial charge in [0.2, 0.25) is 15.9 Å². The standard InChI is InChI=1S/C16H24N4O3S/c1-24(22,23)19-13-8-5-9-20(11-13)16(21)15-10-14(17-18-15)12-6-3-2-4-7-12/h2-4,6-7,13-15,17-19H,5,8-11H2,1H3. The average molecular weight is 352 g/mol. The van der Waals surface area contributed by atoms with E-state index in [1.54, 1.807) is 4.90 Å². The molecule has 3 rings (SSSR count). The molecule has 2 aliphatic heterocycles. The lowest BCUT2D eigenvalue weighted by Crippen LogP contribution is -2.53. The zero-order valence-corrected chi connectivity index (χ0v) is 14.6. The minimum absolute atomic E-state index is 0.0286. The molecule has 0 bridgehead atoms. The number of piperidine rings is 1. The Labute approximate surface area is 142 Å². The molecule has 0 saturated carbocycles. The number of sulfonamides is 1. The predicted molar refractivity (Wildman–Crippen MR) is 91.4 cm³/mol. The highest BCUT2D eigenvalue weighted by atomic mass is 32.2. The van der Waals surface area contributed by atoms with Crippen molar-refractivity contribution in [2.24, 2.45) is 0 Å². The maximum absolute atomic E-state index is 12.7. The SMILES string of the molecule is CS(=O)(=O)NC1CCCN(C(=O)C2CC(c3ccccc3)NN2)C1. The quantitative estimate of drug-likeness (QED) is 0.717. The van der Waals surface area contributed by atoms with E-state index in [4.69, 9.17) is 0 Å². The number of nitrogens with one attached hydrogen (secondary N) is 3. The van der Waals surface area contributed by atoms with Crippen molar-refractivity contribution in [1.82, 2.24) is 20.5 Å². The highest BCUT2D eigenvalue weighted by Gasteiger charge is 2.35. The van der Waals surface area contributed by atoms with Crippen LogP contribution in [0.2, 0.25) is 0 Å². The number of amides is 1. The molecule has 2 saturated heterocycles. The molecule has 0 aliphatic carbocycles. The molecule has 2 aliphatic rings. The van der Waals surface area contributed by atoms with Crippen LogP contribution >= 0.6 is 0 Å². The Bertz CT molecular complexity index is 680. The van der Waals surface area contributed by atoms with Gasteiger partial charge in [0.15, 0.2) is 0 Å². The van der Waals surface area contributed by atoms with E-state index < -0.39 is 10.0 Å². The van der Waals surface area contributed by atoms with Crippen molar-refractivity contribution in [3.8, 4) is 0 Å². The number of benzene rings is 1. The Morgan fingerprint density at radius 1 is 1.25 bits per heavy atom. The van der Waals surface area contributed by atoms with Crippen LogP contribution in [0.15, 0.2) is 30.3 Å². The van der Waals surface area contributed by atoms with Gasteiger partial charge < -0.3 is 4.90 Å². The van der Waals surface area contributed by atoms with Crippen molar-refractivity contribution >= 4 is 15.9 Å². The Morgan fingerprint density at radius 2 is 2.00 bits per heavy atom. The number of hydrogen-bond acceptors (Lipinski definition) is 5. The summed E-state index contributed by atoms with van der Waals surface area (Å²) >= 11 is 0. The third-order valence-electron chi connectivity index (χ3n) is 4.52. The maximum Gasteiger partial charge on any atom is 0.241 e. The van der Waals surface area contributed by atoms with Crippen molar-refractivity contribution in [3.63, 3.8) is 0 Å². The largest absolute Gasteiger partial charge is 0.340 e. The van der Waals surface area contributed by atoms with Gasteiger partial charge in [0.25, 0.3) is 0 Å². The zero-order valence-electron chi connectivity index (χ0n) is 13.7. The number of carbonyl (C=O) groups excluding carboxylic acids is 1. The van der Waals surface area contributed by atoms with Crippen molar-refractivity contribution in [2.45, 2.75) is 37.4 Å². The van der Waals surface area contributed by atoms with Gasteiger partial charge in [-0.05, 0) is 24.8 Å². The van der Waals surface area contributed by atoms with E-state index in [1.807, 2.05) is 30.3 Å². The van der Waals surface area contributed by atoms with Crippen LogP contribution < -0.4 is 15.6 Å². The topological polar surface area (TPSA) is 90.5 Å². The van der Waals surface area contributed by atoms with E-state index in [1.165, 1.54) is 0 Å². The van der Waals surface area contributed by atoms with Gasteiger partial charge in [-0.3, -0.25) is 4.79 Å². The normalized spacial score (nSPS) is 28.0. The fraction of sp³-hybridized carbons (Fsp3) is 0.562. The Hall–Kier alpha value is -1.48. The van der Waals surface area contributed by atoms with Crippen LogP contribution in [0, 0.1) is 0 Å². The summed E-state index contributed by atoms with van der Waals surface area (Å²) in [5.41, 5.74) is 7.42. The molecule has 3 atom stereocenters. The average Bonchev–Trinajstić information content (AvgIpc) is 3.03. The molecule has 3 N–H and O–H groups in total. The Morgan fingerprint density at radius 3 is 2.71 bits per heavy atom. The van der Waals surface area contributed by atoms with E-state index in [0.717, 1.165) is 24.7 Å². The molecule has 0 spiro atoms. The third-order valence-corrected chi connectivity index (χ3v) is 5.28. The molecular formula is C16H24N4O3S. The summed E-state index contributed by atoms with van der Waals surface area (Å²) in [6.45, 7) is 1.11. The molecule has 3 unspecified atom stereocenters. The second-order valence-corrected chi connectivity index (χ2v) is 8.33. The van der Waals surface area contributed by atoms with E-state index >= 15 is 0 Å². The summed E-state index contributed by atoms with van der Waals surface area (Å²) in [5, 5.41) is 0. The summed E-state index contributed by atoms with van der Waals surface area (Å²) in [7, 11) is -3.25. The van der Waals surface area contributed by atoms with Crippen LogP contribution in [0.5, 0.6) is 0 Å². The van der Waals surface area contributed by atoms with Gasteiger partial charge in [-0.15, -0.1) is 0 Å². The van der Waals surface area contributed by atoms with Crippen LogP contribution in [0.4, 0.5) is 0 Å². The van der Waals surface area contributed by atoms with E-state index in [9.17, 15) is 13.2 Å². The number of carbonyl (C=O) groups is 1. The third kappa shape index (κ3) is 4.32. The van der Waals surface area contributed by atoms with Crippen molar-refractivity contribution in [1.29, 1.82) is 0 Å². The highest BCUT2D eigenvalue weighted by molar-refractivity contribution is 7.88. The fourth-order valence-electron chi connectivity index (χ4n) is 3.42. The second-order valence-electron chi connectivity index (χ2n) is 6.55. The smallest absolute Gasteiger partial charge is 0.241 e. The van der Waals surface area contributed by atoms with Crippen molar-refractivity contribution < 1.29 is 13.2 Å². The first kappa shape index (κ1) is 17.3. The summed E-state index contributed by atoms with van der Waals surface area (Å²) < 4.78 is 25.4. The lowest BCUT2D eigenvalue weighted by atomic mass is 10.0. The molecule has 132 valence electrons.